The number of halogens is 1. The Labute approximate surface area is 133 Å². The fraction of sp³-hybridized carbons (Fsp3) is 0.333. The van der Waals surface area contributed by atoms with E-state index in [-0.39, 0.29) is 5.91 Å². The summed E-state index contributed by atoms with van der Waals surface area (Å²) in [6.45, 7) is 4.14. The molecule has 112 valence electrons. The van der Waals surface area contributed by atoms with Crippen molar-refractivity contribution in [3.63, 3.8) is 0 Å². The number of thioether (sulfide) groups is 1. The molecule has 0 aliphatic rings. The molecule has 0 fully saturated rings. The van der Waals surface area contributed by atoms with Gasteiger partial charge in [0, 0.05) is 22.5 Å². The second-order valence-electron chi connectivity index (χ2n) is 5.03. The van der Waals surface area contributed by atoms with Crippen LogP contribution in [0.15, 0.2) is 30.3 Å². The van der Waals surface area contributed by atoms with E-state index in [0.29, 0.717) is 17.5 Å². The van der Waals surface area contributed by atoms with Gasteiger partial charge in [0.15, 0.2) is 5.82 Å². The lowest BCUT2D eigenvalue weighted by atomic mass is 10.1. The number of carbonyl (C=O) groups is 1. The standard InChI is InChI=1S/C15H18ClN3OS/c1-10(2)13-7-14(19-18-13)17-15(20)9-21-8-11-3-5-12(16)6-4-11/h3-7,10H,8-9H2,1-2H3,(H2,17,18,19,20). The molecule has 6 heteroatoms. The molecule has 21 heavy (non-hydrogen) atoms. The van der Waals surface area contributed by atoms with Crippen molar-refractivity contribution in [1.82, 2.24) is 10.2 Å². The average molecular weight is 324 g/mol. The van der Waals surface area contributed by atoms with Crippen LogP contribution in [0.5, 0.6) is 0 Å². The highest BCUT2D eigenvalue weighted by Crippen LogP contribution is 2.17. The van der Waals surface area contributed by atoms with Crippen molar-refractivity contribution >= 4 is 35.1 Å². The number of nitrogens with zero attached hydrogens (tertiary/aromatic N) is 1. The molecular weight excluding hydrogens is 306 g/mol. The fourth-order valence-electron chi connectivity index (χ4n) is 1.72. The number of anilines is 1. The van der Waals surface area contributed by atoms with Crippen molar-refractivity contribution in [2.24, 2.45) is 0 Å². The maximum Gasteiger partial charge on any atom is 0.235 e. The SMILES string of the molecule is CC(C)c1cc(NC(=O)CSCc2ccc(Cl)cc2)n[nH]1. The minimum absolute atomic E-state index is 0.0456. The Kier molecular flexibility index (Phi) is 5.70. The van der Waals surface area contributed by atoms with Crippen LogP contribution in [0.25, 0.3) is 0 Å². The van der Waals surface area contributed by atoms with Gasteiger partial charge in [0.25, 0.3) is 0 Å². The average Bonchev–Trinajstić information content (AvgIpc) is 2.90. The second kappa shape index (κ2) is 7.52. The minimum atomic E-state index is -0.0456. The number of carbonyl (C=O) groups excluding carboxylic acids is 1. The summed E-state index contributed by atoms with van der Waals surface area (Å²) in [4.78, 5) is 11.8. The summed E-state index contributed by atoms with van der Waals surface area (Å²) in [5.74, 6) is 2.07. The van der Waals surface area contributed by atoms with Crippen molar-refractivity contribution in [3.05, 3.63) is 46.6 Å². The monoisotopic (exact) mass is 323 g/mol. The Morgan fingerprint density at radius 2 is 2.10 bits per heavy atom. The van der Waals surface area contributed by atoms with Gasteiger partial charge in [-0.15, -0.1) is 11.8 Å². The zero-order chi connectivity index (χ0) is 15.2. The van der Waals surface area contributed by atoms with Crippen molar-refractivity contribution in [3.8, 4) is 0 Å². The number of H-pyrrole nitrogens is 1. The first-order valence-electron chi connectivity index (χ1n) is 6.72. The molecule has 2 aromatic rings. The summed E-state index contributed by atoms with van der Waals surface area (Å²) in [5, 5.41) is 10.5. The van der Waals surface area contributed by atoms with Crippen LogP contribution >= 0.6 is 23.4 Å². The van der Waals surface area contributed by atoms with E-state index in [2.05, 4.69) is 29.4 Å². The molecule has 0 spiro atoms. The van der Waals surface area contributed by atoms with Crippen molar-refractivity contribution in [1.29, 1.82) is 0 Å². The molecule has 0 radical (unpaired) electrons. The van der Waals surface area contributed by atoms with Crippen LogP contribution in [0.3, 0.4) is 0 Å². The lowest BCUT2D eigenvalue weighted by molar-refractivity contribution is -0.113. The maximum absolute atomic E-state index is 11.8. The lowest BCUT2D eigenvalue weighted by Gasteiger charge is -2.03. The Morgan fingerprint density at radius 3 is 2.71 bits per heavy atom. The zero-order valence-corrected chi connectivity index (χ0v) is 13.6. The van der Waals surface area contributed by atoms with Gasteiger partial charge in [-0.2, -0.15) is 5.10 Å². The molecule has 1 aromatic carbocycles. The van der Waals surface area contributed by atoms with E-state index in [1.54, 1.807) is 11.8 Å². The van der Waals surface area contributed by atoms with Gasteiger partial charge < -0.3 is 5.32 Å². The summed E-state index contributed by atoms with van der Waals surface area (Å²) in [5.41, 5.74) is 2.16. The van der Waals surface area contributed by atoms with Crippen molar-refractivity contribution < 1.29 is 4.79 Å². The molecule has 2 rings (SSSR count). The van der Waals surface area contributed by atoms with Crippen molar-refractivity contribution in [2.45, 2.75) is 25.5 Å². The molecular formula is C15H18ClN3OS. The molecule has 0 saturated heterocycles. The predicted octanol–water partition coefficient (Wildman–Crippen LogP) is 4.06. The Hall–Kier alpha value is -1.46. The topological polar surface area (TPSA) is 57.8 Å². The van der Waals surface area contributed by atoms with Crippen molar-refractivity contribution in [2.75, 3.05) is 11.1 Å². The molecule has 0 aliphatic carbocycles. The van der Waals surface area contributed by atoms with E-state index in [9.17, 15) is 4.79 Å². The van der Waals surface area contributed by atoms with Crippen LogP contribution in [0.1, 0.15) is 31.0 Å². The smallest absolute Gasteiger partial charge is 0.235 e. The maximum atomic E-state index is 11.8. The van der Waals surface area contributed by atoms with Gasteiger partial charge in [-0.1, -0.05) is 37.6 Å². The van der Waals surface area contributed by atoms with Gasteiger partial charge in [-0.05, 0) is 23.6 Å². The Balaban J connectivity index is 1.75. The van der Waals surface area contributed by atoms with Gasteiger partial charge in [-0.25, -0.2) is 0 Å². The Bertz CT molecular complexity index is 595. The van der Waals surface area contributed by atoms with Crippen LogP contribution < -0.4 is 5.32 Å². The van der Waals surface area contributed by atoms with E-state index in [1.807, 2.05) is 30.3 Å². The summed E-state index contributed by atoms with van der Waals surface area (Å²) < 4.78 is 0. The quantitative estimate of drug-likeness (QED) is 0.843. The number of hydrogen-bond acceptors (Lipinski definition) is 3. The molecule has 0 bridgehead atoms. The number of rotatable bonds is 6. The van der Waals surface area contributed by atoms with Crippen LogP contribution in [0.2, 0.25) is 5.02 Å². The van der Waals surface area contributed by atoms with E-state index < -0.39 is 0 Å². The molecule has 0 atom stereocenters. The van der Waals surface area contributed by atoms with E-state index in [1.165, 1.54) is 0 Å². The van der Waals surface area contributed by atoms with Crippen LogP contribution in [0.4, 0.5) is 5.82 Å². The van der Waals surface area contributed by atoms with E-state index in [0.717, 1.165) is 22.0 Å². The third-order valence-electron chi connectivity index (χ3n) is 2.90. The molecule has 0 saturated carbocycles. The van der Waals surface area contributed by atoms with Gasteiger partial charge in [0.1, 0.15) is 0 Å². The van der Waals surface area contributed by atoms with Gasteiger partial charge in [0.05, 0.1) is 5.75 Å². The van der Waals surface area contributed by atoms with Gasteiger partial charge >= 0.3 is 0 Å². The molecule has 1 heterocycles. The first-order valence-corrected chi connectivity index (χ1v) is 8.25. The number of benzene rings is 1. The molecule has 1 amide bonds. The summed E-state index contributed by atoms with van der Waals surface area (Å²) in [6, 6.07) is 9.52. The first-order chi connectivity index (χ1) is 10.0. The number of aromatic nitrogens is 2. The van der Waals surface area contributed by atoms with Crippen LogP contribution in [0, 0.1) is 0 Å². The Morgan fingerprint density at radius 1 is 1.38 bits per heavy atom. The van der Waals surface area contributed by atoms with Crippen LogP contribution in [-0.4, -0.2) is 21.9 Å². The second-order valence-corrected chi connectivity index (χ2v) is 6.45. The summed E-state index contributed by atoms with van der Waals surface area (Å²) in [7, 11) is 0. The summed E-state index contributed by atoms with van der Waals surface area (Å²) in [6.07, 6.45) is 0. The number of nitrogens with one attached hydrogen (secondary N) is 2. The molecule has 2 N–H and O–H groups in total. The highest BCUT2D eigenvalue weighted by atomic mass is 35.5. The molecule has 1 aromatic heterocycles. The highest BCUT2D eigenvalue weighted by Gasteiger charge is 2.08. The number of hydrogen-bond donors (Lipinski definition) is 2. The third-order valence-corrected chi connectivity index (χ3v) is 4.16. The lowest BCUT2D eigenvalue weighted by Crippen LogP contribution is -2.14. The van der Waals surface area contributed by atoms with E-state index in [4.69, 9.17) is 11.6 Å². The number of amides is 1. The molecule has 4 nitrogen and oxygen atoms in total. The van der Waals surface area contributed by atoms with E-state index >= 15 is 0 Å². The fourth-order valence-corrected chi connectivity index (χ4v) is 2.63. The largest absolute Gasteiger partial charge is 0.308 e. The highest BCUT2D eigenvalue weighted by molar-refractivity contribution is 7.99. The normalized spacial score (nSPS) is 10.9. The molecule has 0 unspecified atom stereocenters. The number of aromatic amines is 1. The predicted molar refractivity (Wildman–Crippen MR) is 88.9 cm³/mol. The minimum Gasteiger partial charge on any atom is -0.308 e. The molecule has 0 aliphatic heterocycles. The van der Waals surface area contributed by atoms with Gasteiger partial charge in [0.2, 0.25) is 5.91 Å². The third kappa shape index (κ3) is 5.10. The first kappa shape index (κ1) is 15.9. The van der Waals surface area contributed by atoms with Gasteiger partial charge in [-0.3, -0.25) is 9.89 Å². The van der Waals surface area contributed by atoms with Crippen LogP contribution in [-0.2, 0) is 10.5 Å². The summed E-state index contributed by atoms with van der Waals surface area (Å²) >= 11 is 7.39. The zero-order valence-electron chi connectivity index (χ0n) is 12.0.